The predicted molar refractivity (Wildman–Crippen MR) is 115 cm³/mol. The van der Waals surface area contributed by atoms with Crippen LogP contribution in [0.1, 0.15) is 32.6 Å². The molecule has 3 heterocycles. The maximum absolute atomic E-state index is 13.9. The molecule has 9 heteroatoms. The van der Waals surface area contributed by atoms with E-state index in [1.54, 1.807) is 13.1 Å². The summed E-state index contributed by atoms with van der Waals surface area (Å²) < 4.78 is 21.3. The molecule has 3 aromatic rings. The monoisotopic (exact) mass is 427 g/mol. The van der Waals surface area contributed by atoms with Gasteiger partial charge in [0.1, 0.15) is 34.6 Å². The average molecular weight is 427 g/mol. The lowest BCUT2D eigenvalue weighted by atomic mass is 10.1. The Morgan fingerprint density at radius 3 is 2.81 bits per heavy atom. The SMILES string of the molecule is Cn1nc(-c2n[nH]c3ccc(OC4(C)CC4)cc23)cc(N2CC[C@@H](O)[C@H](F)CC2)c1=O. The Kier molecular flexibility index (Phi) is 4.73. The minimum atomic E-state index is -1.28. The summed E-state index contributed by atoms with van der Waals surface area (Å²) >= 11 is 0. The number of halogens is 1. The first-order valence-electron chi connectivity index (χ1n) is 10.7. The molecule has 0 amide bonds. The Morgan fingerprint density at radius 1 is 1.26 bits per heavy atom. The van der Waals surface area contributed by atoms with Gasteiger partial charge in [-0.2, -0.15) is 10.2 Å². The maximum atomic E-state index is 13.9. The summed E-state index contributed by atoms with van der Waals surface area (Å²) in [6.07, 6.45) is 0.243. The van der Waals surface area contributed by atoms with Gasteiger partial charge in [-0.1, -0.05) is 0 Å². The number of ether oxygens (including phenoxy) is 1. The molecule has 2 fully saturated rings. The minimum Gasteiger partial charge on any atom is -0.488 e. The molecule has 0 bridgehead atoms. The van der Waals surface area contributed by atoms with Gasteiger partial charge in [0.25, 0.3) is 5.56 Å². The van der Waals surface area contributed by atoms with Crippen molar-refractivity contribution >= 4 is 16.6 Å². The van der Waals surface area contributed by atoms with Crippen LogP contribution < -0.4 is 15.2 Å². The van der Waals surface area contributed by atoms with Crippen molar-refractivity contribution in [3.8, 4) is 17.1 Å². The molecule has 1 aromatic carbocycles. The van der Waals surface area contributed by atoms with Crippen molar-refractivity contribution in [2.75, 3.05) is 18.0 Å². The summed E-state index contributed by atoms with van der Waals surface area (Å²) in [5.74, 6) is 0.774. The van der Waals surface area contributed by atoms with Crippen molar-refractivity contribution in [2.24, 2.45) is 7.05 Å². The molecule has 8 nitrogen and oxygen atoms in total. The van der Waals surface area contributed by atoms with Gasteiger partial charge in [0, 0.05) is 25.5 Å². The van der Waals surface area contributed by atoms with Crippen LogP contribution in [0.4, 0.5) is 10.1 Å². The van der Waals surface area contributed by atoms with E-state index in [-0.39, 0.29) is 24.0 Å². The topological polar surface area (TPSA) is 96.3 Å². The number of aromatic amines is 1. The normalized spacial score (nSPS) is 23.0. The lowest BCUT2D eigenvalue weighted by Crippen LogP contribution is -2.33. The molecule has 31 heavy (non-hydrogen) atoms. The van der Waals surface area contributed by atoms with E-state index in [1.807, 2.05) is 23.1 Å². The highest BCUT2D eigenvalue weighted by atomic mass is 19.1. The van der Waals surface area contributed by atoms with Gasteiger partial charge >= 0.3 is 0 Å². The first-order valence-corrected chi connectivity index (χ1v) is 10.7. The van der Waals surface area contributed by atoms with Gasteiger partial charge in [-0.25, -0.2) is 9.07 Å². The molecule has 1 saturated heterocycles. The highest BCUT2D eigenvalue weighted by Crippen LogP contribution is 2.40. The number of hydrogen-bond acceptors (Lipinski definition) is 6. The molecular formula is C22H26FN5O3. The molecule has 2 N–H and O–H groups in total. The third kappa shape index (κ3) is 3.78. The Labute approximate surface area is 178 Å². The van der Waals surface area contributed by atoms with E-state index in [1.165, 1.54) is 4.68 Å². The molecule has 0 spiro atoms. The number of fused-ring (bicyclic) bond motifs is 1. The number of H-pyrrole nitrogens is 1. The number of aryl methyl sites for hydroxylation is 1. The second-order valence-electron chi connectivity index (χ2n) is 8.82. The quantitative estimate of drug-likeness (QED) is 0.664. The third-order valence-corrected chi connectivity index (χ3v) is 6.27. The first-order chi connectivity index (χ1) is 14.8. The van der Waals surface area contributed by atoms with Gasteiger partial charge in [0.05, 0.1) is 11.6 Å². The number of alkyl halides is 1. The Balaban J connectivity index is 1.54. The van der Waals surface area contributed by atoms with Crippen LogP contribution in [0.2, 0.25) is 0 Å². The van der Waals surface area contributed by atoms with Crippen LogP contribution in [0.15, 0.2) is 29.1 Å². The minimum absolute atomic E-state index is 0.0920. The fraction of sp³-hybridized carbons (Fsp3) is 0.500. The van der Waals surface area contributed by atoms with Crippen molar-refractivity contribution in [1.82, 2.24) is 20.0 Å². The van der Waals surface area contributed by atoms with Gasteiger partial charge in [-0.15, -0.1) is 0 Å². The molecule has 1 aliphatic carbocycles. The van der Waals surface area contributed by atoms with E-state index < -0.39 is 12.3 Å². The number of nitrogens with zero attached hydrogens (tertiary/aromatic N) is 4. The van der Waals surface area contributed by atoms with Crippen molar-refractivity contribution < 1.29 is 14.2 Å². The van der Waals surface area contributed by atoms with Crippen molar-refractivity contribution in [2.45, 2.75) is 50.5 Å². The number of nitrogens with one attached hydrogen (secondary N) is 1. The van der Waals surface area contributed by atoms with E-state index >= 15 is 0 Å². The van der Waals surface area contributed by atoms with Gasteiger partial charge in [-0.05, 0) is 56.9 Å². The smallest absolute Gasteiger partial charge is 0.290 e. The number of anilines is 1. The fourth-order valence-corrected chi connectivity index (χ4v) is 4.04. The summed E-state index contributed by atoms with van der Waals surface area (Å²) in [6, 6.07) is 7.50. The largest absolute Gasteiger partial charge is 0.488 e. The van der Waals surface area contributed by atoms with E-state index in [9.17, 15) is 14.3 Å². The molecule has 0 radical (unpaired) electrons. The first kappa shape index (κ1) is 20.0. The van der Waals surface area contributed by atoms with E-state index in [2.05, 4.69) is 22.2 Å². The highest BCUT2D eigenvalue weighted by Gasteiger charge is 2.40. The Bertz CT molecular complexity index is 1170. The molecule has 0 unspecified atom stereocenters. The molecule has 1 saturated carbocycles. The summed E-state index contributed by atoms with van der Waals surface area (Å²) in [5, 5.41) is 22.6. The molecule has 164 valence electrons. The third-order valence-electron chi connectivity index (χ3n) is 6.27. The van der Waals surface area contributed by atoms with Gasteiger partial charge in [-0.3, -0.25) is 9.89 Å². The number of hydrogen-bond donors (Lipinski definition) is 2. The second kappa shape index (κ2) is 7.33. The van der Waals surface area contributed by atoms with Gasteiger partial charge in [0.2, 0.25) is 0 Å². The zero-order valence-electron chi connectivity index (χ0n) is 17.6. The number of aromatic nitrogens is 4. The second-order valence-corrected chi connectivity index (χ2v) is 8.82. The molecule has 1 aliphatic heterocycles. The van der Waals surface area contributed by atoms with Crippen LogP contribution >= 0.6 is 0 Å². The van der Waals surface area contributed by atoms with Crippen LogP contribution in [0.5, 0.6) is 5.75 Å². The molecular weight excluding hydrogens is 401 g/mol. The standard InChI is InChI=1S/C22H26FN5O3/c1-22(7-8-22)31-13-3-4-16-14(11-13)20(25-24-16)17-12-18(21(30)27(2)26-17)28-9-5-15(23)19(29)6-10-28/h3-4,11-12,15,19,29H,5-10H2,1-2H3,(H,24,25)/t15-,19-/m1/s1. The summed E-state index contributed by atoms with van der Waals surface area (Å²) in [6.45, 7) is 2.85. The Morgan fingerprint density at radius 2 is 2.03 bits per heavy atom. The van der Waals surface area contributed by atoms with Gasteiger partial charge < -0.3 is 14.7 Å². The van der Waals surface area contributed by atoms with Crippen LogP contribution in [-0.2, 0) is 7.05 Å². The lowest BCUT2D eigenvalue weighted by molar-refractivity contribution is 0.0759. The zero-order valence-corrected chi connectivity index (χ0v) is 17.6. The predicted octanol–water partition coefficient (Wildman–Crippen LogP) is 2.55. The number of rotatable bonds is 4. The highest BCUT2D eigenvalue weighted by molar-refractivity contribution is 5.93. The maximum Gasteiger partial charge on any atom is 0.290 e. The van der Waals surface area contributed by atoms with E-state index in [4.69, 9.17) is 4.74 Å². The number of benzene rings is 1. The molecule has 2 aromatic heterocycles. The fourth-order valence-electron chi connectivity index (χ4n) is 4.04. The lowest BCUT2D eigenvalue weighted by Gasteiger charge is -2.22. The van der Waals surface area contributed by atoms with Crippen molar-refractivity contribution in [1.29, 1.82) is 0 Å². The molecule has 5 rings (SSSR count). The molecule has 2 atom stereocenters. The average Bonchev–Trinajstić information content (AvgIpc) is 3.36. The van der Waals surface area contributed by atoms with E-state index in [0.29, 0.717) is 30.2 Å². The summed E-state index contributed by atoms with van der Waals surface area (Å²) in [5.41, 5.74) is 2.09. The summed E-state index contributed by atoms with van der Waals surface area (Å²) in [7, 11) is 1.59. The van der Waals surface area contributed by atoms with Crippen molar-refractivity contribution in [3.63, 3.8) is 0 Å². The zero-order chi connectivity index (χ0) is 21.8. The van der Waals surface area contributed by atoms with Gasteiger partial charge in [0.15, 0.2) is 0 Å². The molecule has 2 aliphatic rings. The van der Waals surface area contributed by atoms with Crippen LogP contribution in [0.3, 0.4) is 0 Å². The number of aliphatic hydroxyl groups is 1. The van der Waals surface area contributed by atoms with Crippen LogP contribution in [0.25, 0.3) is 22.3 Å². The number of aliphatic hydroxyl groups excluding tert-OH is 1. The van der Waals surface area contributed by atoms with Crippen LogP contribution in [-0.4, -0.2) is 56.1 Å². The Hall–Kier alpha value is -2.94. The van der Waals surface area contributed by atoms with E-state index in [0.717, 1.165) is 29.5 Å². The van der Waals surface area contributed by atoms with Crippen molar-refractivity contribution in [3.05, 3.63) is 34.6 Å². The van der Waals surface area contributed by atoms with Crippen LogP contribution in [0, 0.1) is 0 Å². The summed E-state index contributed by atoms with van der Waals surface area (Å²) in [4.78, 5) is 14.6.